The molecule has 0 N–H and O–H groups in total. The Hall–Kier alpha value is -2.95. The van der Waals surface area contributed by atoms with Gasteiger partial charge in [0.2, 0.25) is 0 Å². The van der Waals surface area contributed by atoms with Crippen molar-refractivity contribution in [3.05, 3.63) is 70.3 Å². The Kier molecular flexibility index (Phi) is 5.47. The number of ether oxygens (including phenoxy) is 1. The van der Waals surface area contributed by atoms with E-state index in [1.165, 1.54) is 14.2 Å². The van der Waals surface area contributed by atoms with Crippen molar-refractivity contribution < 1.29 is 19.2 Å². The molecule has 0 unspecified atom stereocenters. The molecule has 0 heterocycles. The molecule has 0 aliphatic carbocycles. The number of oxime groups is 1. The first-order valence-corrected chi connectivity index (χ1v) is 7.41. The molecular weight excluding hydrogens is 306 g/mol. The first-order chi connectivity index (χ1) is 11.5. The summed E-state index contributed by atoms with van der Waals surface area (Å²) in [6, 6.07) is 12.5. The lowest BCUT2D eigenvalue weighted by molar-refractivity contribution is -0.132. The maximum absolute atomic E-state index is 13.0. The van der Waals surface area contributed by atoms with E-state index in [1.807, 2.05) is 19.1 Å². The number of carbonyl (C=O) groups is 2. The van der Waals surface area contributed by atoms with E-state index in [9.17, 15) is 9.59 Å². The maximum Gasteiger partial charge on any atom is 0.360 e. The first kappa shape index (κ1) is 17.4. The van der Waals surface area contributed by atoms with Crippen molar-refractivity contribution >= 4 is 17.5 Å². The van der Waals surface area contributed by atoms with Crippen molar-refractivity contribution in [3.8, 4) is 0 Å². The van der Waals surface area contributed by atoms with Gasteiger partial charge in [-0.05, 0) is 25.0 Å². The highest BCUT2D eigenvalue weighted by Gasteiger charge is 2.25. The highest BCUT2D eigenvalue weighted by Crippen LogP contribution is 2.21. The van der Waals surface area contributed by atoms with Crippen molar-refractivity contribution in [2.24, 2.45) is 5.16 Å². The van der Waals surface area contributed by atoms with E-state index in [2.05, 4.69) is 5.16 Å². The third-order valence-electron chi connectivity index (χ3n) is 3.71. The van der Waals surface area contributed by atoms with E-state index in [4.69, 9.17) is 9.57 Å². The molecule has 2 rings (SSSR count). The molecule has 0 atom stereocenters. The maximum atomic E-state index is 13.0. The van der Waals surface area contributed by atoms with Crippen molar-refractivity contribution in [3.63, 3.8) is 0 Å². The number of nitrogens with zero attached hydrogens (tertiary/aromatic N) is 1. The fraction of sp³-hybridized carbons (Fsp3) is 0.211. The third kappa shape index (κ3) is 3.35. The quantitative estimate of drug-likeness (QED) is 0.367. The number of hydrogen-bond donors (Lipinski definition) is 0. The zero-order chi connectivity index (χ0) is 17.7. The summed E-state index contributed by atoms with van der Waals surface area (Å²) in [5, 5.41) is 3.78. The summed E-state index contributed by atoms with van der Waals surface area (Å²) in [5.74, 6) is -0.843. The molecule has 2 aromatic rings. The predicted octanol–water partition coefficient (Wildman–Crippen LogP) is 3.06. The van der Waals surface area contributed by atoms with Gasteiger partial charge in [-0.3, -0.25) is 4.79 Å². The second-order valence-electron chi connectivity index (χ2n) is 5.26. The summed E-state index contributed by atoms with van der Waals surface area (Å²) in [6.45, 7) is 3.67. The summed E-state index contributed by atoms with van der Waals surface area (Å²) in [5.41, 5.74) is 2.93. The molecule has 0 aliphatic heterocycles. The molecule has 0 fully saturated rings. The van der Waals surface area contributed by atoms with Gasteiger partial charge in [0.15, 0.2) is 11.5 Å². The summed E-state index contributed by atoms with van der Waals surface area (Å²) in [4.78, 5) is 29.9. The van der Waals surface area contributed by atoms with Gasteiger partial charge >= 0.3 is 5.97 Å². The number of carbonyl (C=O) groups excluding carboxylic acids is 2. The molecule has 0 aromatic heterocycles. The minimum atomic E-state index is -0.662. The Balaban J connectivity index is 2.67. The summed E-state index contributed by atoms with van der Waals surface area (Å²) < 4.78 is 4.78. The van der Waals surface area contributed by atoms with Gasteiger partial charge in [0.05, 0.1) is 7.11 Å². The van der Waals surface area contributed by atoms with E-state index < -0.39 is 5.97 Å². The van der Waals surface area contributed by atoms with Crippen LogP contribution in [0.5, 0.6) is 0 Å². The number of rotatable bonds is 5. The van der Waals surface area contributed by atoms with Gasteiger partial charge in [0, 0.05) is 16.7 Å². The molecular formula is C19H19NO4. The van der Waals surface area contributed by atoms with Crippen molar-refractivity contribution in [2.45, 2.75) is 13.8 Å². The lowest BCUT2D eigenvalue weighted by Crippen LogP contribution is -2.22. The van der Waals surface area contributed by atoms with E-state index in [0.717, 1.165) is 11.1 Å². The third-order valence-corrected chi connectivity index (χ3v) is 3.71. The van der Waals surface area contributed by atoms with Gasteiger partial charge < -0.3 is 9.57 Å². The SMILES string of the molecule is CO/N=C(/C(=O)OC)c1c(C)cccc1C(=O)c1ccccc1C. The Morgan fingerprint density at radius 1 is 0.875 bits per heavy atom. The number of benzene rings is 2. The van der Waals surface area contributed by atoms with Crippen LogP contribution in [-0.2, 0) is 14.4 Å². The second kappa shape index (κ2) is 7.55. The van der Waals surface area contributed by atoms with Crippen LogP contribution in [0, 0.1) is 13.8 Å². The molecule has 5 heteroatoms. The Bertz CT molecular complexity index is 809. The summed E-state index contributed by atoms with van der Waals surface area (Å²) in [6.07, 6.45) is 0. The molecule has 0 bridgehead atoms. The van der Waals surface area contributed by atoms with Gasteiger partial charge in [-0.25, -0.2) is 4.79 Å². The van der Waals surface area contributed by atoms with Crippen LogP contribution in [0.25, 0.3) is 0 Å². The van der Waals surface area contributed by atoms with E-state index in [0.29, 0.717) is 16.7 Å². The number of hydrogen-bond acceptors (Lipinski definition) is 5. The molecule has 24 heavy (non-hydrogen) atoms. The zero-order valence-electron chi connectivity index (χ0n) is 14.1. The Morgan fingerprint density at radius 3 is 2.12 bits per heavy atom. The van der Waals surface area contributed by atoms with Crippen LogP contribution in [0.4, 0.5) is 0 Å². The molecule has 0 saturated heterocycles. The van der Waals surface area contributed by atoms with Gasteiger partial charge in [-0.15, -0.1) is 0 Å². The average Bonchev–Trinajstić information content (AvgIpc) is 2.59. The number of methoxy groups -OCH3 is 1. The van der Waals surface area contributed by atoms with Gasteiger partial charge in [-0.2, -0.15) is 0 Å². The molecule has 0 spiro atoms. The molecule has 0 aliphatic rings. The van der Waals surface area contributed by atoms with Gasteiger partial charge in [0.25, 0.3) is 0 Å². The molecule has 2 aromatic carbocycles. The first-order valence-electron chi connectivity index (χ1n) is 7.41. The standard InChI is InChI=1S/C19H19NO4/c1-12-8-5-6-10-14(12)18(21)15-11-7-9-13(2)16(15)17(20-24-4)19(22)23-3/h5-11H,1-4H3/b20-17+. The number of esters is 1. The highest BCUT2D eigenvalue weighted by molar-refractivity contribution is 6.45. The summed E-state index contributed by atoms with van der Waals surface area (Å²) >= 11 is 0. The lowest BCUT2D eigenvalue weighted by atomic mass is 9.91. The van der Waals surface area contributed by atoms with Crippen molar-refractivity contribution in [2.75, 3.05) is 14.2 Å². The highest BCUT2D eigenvalue weighted by atomic mass is 16.6. The Morgan fingerprint density at radius 2 is 1.50 bits per heavy atom. The fourth-order valence-electron chi connectivity index (χ4n) is 2.52. The molecule has 124 valence electrons. The second-order valence-corrected chi connectivity index (χ2v) is 5.26. The normalized spacial score (nSPS) is 11.1. The van der Waals surface area contributed by atoms with Crippen LogP contribution < -0.4 is 0 Å². The van der Waals surface area contributed by atoms with Gasteiger partial charge in [0.1, 0.15) is 7.11 Å². The van der Waals surface area contributed by atoms with E-state index >= 15 is 0 Å². The largest absolute Gasteiger partial charge is 0.464 e. The van der Waals surface area contributed by atoms with Crippen LogP contribution in [-0.4, -0.2) is 31.7 Å². The van der Waals surface area contributed by atoms with Crippen LogP contribution in [0.1, 0.15) is 32.6 Å². The molecule has 0 saturated carbocycles. The fourth-order valence-corrected chi connectivity index (χ4v) is 2.52. The summed E-state index contributed by atoms with van der Waals surface area (Å²) in [7, 11) is 2.60. The van der Waals surface area contributed by atoms with Crippen molar-refractivity contribution in [1.82, 2.24) is 0 Å². The van der Waals surface area contributed by atoms with Crippen molar-refractivity contribution in [1.29, 1.82) is 0 Å². The van der Waals surface area contributed by atoms with Gasteiger partial charge in [-0.1, -0.05) is 47.6 Å². The van der Waals surface area contributed by atoms with E-state index in [-0.39, 0.29) is 11.5 Å². The Labute approximate surface area is 140 Å². The monoisotopic (exact) mass is 325 g/mol. The van der Waals surface area contributed by atoms with E-state index in [1.54, 1.807) is 37.3 Å². The average molecular weight is 325 g/mol. The minimum absolute atomic E-state index is 0.0324. The predicted molar refractivity (Wildman–Crippen MR) is 91.4 cm³/mol. The number of ketones is 1. The van der Waals surface area contributed by atoms with Crippen LogP contribution >= 0.6 is 0 Å². The molecule has 5 nitrogen and oxygen atoms in total. The smallest absolute Gasteiger partial charge is 0.360 e. The number of aryl methyl sites for hydroxylation is 2. The molecule has 0 radical (unpaired) electrons. The molecule has 0 amide bonds. The van der Waals surface area contributed by atoms with Crippen LogP contribution in [0.3, 0.4) is 0 Å². The van der Waals surface area contributed by atoms with Crippen LogP contribution in [0.15, 0.2) is 47.6 Å². The van der Waals surface area contributed by atoms with Crippen LogP contribution in [0.2, 0.25) is 0 Å². The zero-order valence-corrected chi connectivity index (χ0v) is 14.1. The topological polar surface area (TPSA) is 65.0 Å². The lowest BCUT2D eigenvalue weighted by Gasteiger charge is -2.13. The minimum Gasteiger partial charge on any atom is -0.464 e.